The van der Waals surface area contributed by atoms with Crippen LogP contribution in [0.25, 0.3) is 0 Å². The maximum atomic E-state index is 12.3. The van der Waals surface area contributed by atoms with E-state index in [0.29, 0.717) is 5.92 Å². The first-order valence-electron chi connectivity index (χ1n) is 7.92. The van der Waals surface area contributed by atoms with E-state index in [9.17, 15) is 9.90 Å². The summed E-state index contributed by atoms with van der Waals surface area (Å²) in [5.41, 5.74) is 1.04. The van der Waals surface area contributed by atoms with Gasteiger partial charge in [0.2, 0.25) is 0 Å². The molecule has 20 heavy (non-hydrogen) atoms. The molecule has 0 bridgehead atoms. The van der Waals surface area contributed by atoms with Gasteiger partial charge in [-0.2, -0.15) is 0 Å². The zero-order valence-electron chi connectivity index (χ0n) is 12.9. The van der Waals surface area contributed by atoms with Gasteiger partial charge in [-0.1, -0.05) is 38.5 Å². The quantitative estimate of drug-likeness (QED) is 0.741. The first-order chi connectivity index (χ1) is 9.37. The van der Waals surface area contributed by atoms with Crippen LogP contribution in [0, 0.1) is 22.2 Å². The normalized spacial score (nSPS) is 42.7. The second kappa shape index (κ2) is 4.30. The number of fused-ring (bicyclic) bond motifs is 3. The number of aliphatic hydroxyl groups excluding tert-OH is 1. The van der Waals surface area contributed by atoms with E-state index in [-0.39, 0.29) is 28.6 Å². The summed E-state index contributed by atoms with van der Waals surface area (Å²) in [6.07, 6.45) is 11.7. The van der Waals surface area contributed by atoms with E-state index >= 15 is 0 Å². The highest BCUT2D eigenvalue weighted by Crippen LogP contribution is 2.63. The molecule has 3 aliphatic carbocycles. The summed E-state index contributed by atoms with van der Waals surface area (Å²) in [5, 5.41) is 10.0. The van der Waals surface area contributed by atoms with Gasteiger partial charge in [-0.05, 0) is 44.1 Å². The monoisotopic (exact) mass is 274 g/mol. The molecule has 110 valence electrons. The summed E-state index contributed by atoms with van der Waals surface area (Å²) in [7, 11) is 0. The number of carbonyl (C=O) groups is 1. The Balaban J connectivity index is 2.14. The van der Waals surface area contributed by atoms with Gasteiger partial charge in [-0.3, -0.25) is 4.79 Å². The molecule has 0 radical (unpaired) electrons. The number of hydrogen-bond acceptors (Lipinski definition) is 2. The van der Waals surface area contributed by atoms with Crippen molar-refractivity contribution in [1.29, 1.82) is 0 Å². The van der Waals surface area contributed by atoms with Crippen molar-refractivity contribution in [2.45, 2.75) is 52.9 Å². The minimum atomic E-state index is -0.288. The molecule has 0 aliphatic heterocycles. The minimum Gasteiger partial charge on any atom is -0.395 e. The van der Waals surface area contributed by atoms with Crippen LogP contribution >= 0.6 is 0 Å². The molecule has 0 amide bonds. The number of rotatable bonds is 1. The fraction of sp³-hybridized carbons (Fsp3) is 0.722. The van der Waals surface area contributed by atoms with E-state index < -0.39 is 0 Å². The summed E-state index contributed by atoms with van der Waals surface area (Å²) >= 11 is 0. The lowest BCUT2D eigenvalue weighted by Crippen LogP contribution is -2.53. The first-order valence-corrected chi connectivity index (χ1v) is 7.92. The number of aliphatic hydroxyl groups is 1. The smallest absolute Gasteiger partial charge is 0.161 e. The molecule has 2 nitrogen and oxygen atoms in total. The van der Waals surface area contributed by atoms with Crippen molar-refractivity contribution in [2.75, 3.05) is 6.61 Å². The fourth-order valence-corrected chi connectivity index (χ4v) is 5.19. The van der Waals surface area contributed by atoms with Gasteiger partial charge in [0.25, 0.3) is 0 Å². The Morgan fingerprint density at radius 3 is 2.75 bits per heavy atom. The zero-order valence-corrected chi connectivity index (χ0v) is 12.9. The zero-order chi connectivity index (χ0) is 14.6. The predicted molar refractivity (Wildman–Crippen MR) is 80.2 cm³/mol. The van der Waals surface area contributed by atoms with Crippen LogP contribution in [-0.2, 0) is 4.79 Å². The van der Waals surface area contributed by atoms with E-state index in [1.54, 1.807) is 6.08 Å². The minimum absolute atomic E-state index is 0.0235. The molecular formula is C18H26O2. The molecule has 3 aliphatic rings. The SMILES string of the molecule is CC1(C)C(=O)C=C[C@@]2(C)C3=CCCC[C@@]3(CO)CC[C@@H]12. The molecule has 0 spiro atoms. The molecule has 0 aromatic heterocycles. The van der Waals surface area contributed by atoms with Gasteiger partial charge in [0.1, 0.15) is 0 Å². The third-order valence-corrected chi connectivity index (χ3v) is 6.38. The Hall–Kier alpha value is -0.890. The molecule has 1 fully saturated rings. The molecule has 3 atom stereocenters. The maximum Gasteiger partial charge on any atom is 0.161 e. The van der Waals surface area contributed by atoms with Crippen LogP contribution in [0.1, 0.15) is 52.9 Å². The molecule has 0 aromatic carbocycles. The summed E-state index contributed by atoms with van der Waals surface area (Å²) in [5.74, 6) is 0.615. The van der Waals surface area contributed by atoms with Crippen LogP contribution in [-0.4, -0.2) is 17.5 Å². The second-order valence-electron chi connectivity index (χ2n) is 7.74. The lowest BCUT2D eigenvalue weighted by atomic mass is 9.45. The summed E-state index contributed by atoms with van der Waals surface area (Å²) < 4.78 is 0. The van der Waals surface area contributed by atoms with Gasteiger partial charge in [-0.15, -0.1) is 0 Å². The van der Waals surface area contributed by atoms with Crippen LogP contribution in [0.4, 0.5) is 0 Å². The van der Waals surface area contributed by atoms with Crippen molar-refractivity contribution in [2.24, 2.45) is 22.2 Å². The van der Waals surface area contributed by atoms with Gasteiger partial charge in [0.15, 0.2) is 5.78 Å². The van der Waals surface area contributed by atoms with Gasteiger partial charge < -0.3 is 5.11 Å². The van der Waals surface area contributed by atoms with E-state index in [1.165, 1.54) is 12.0 Å². The van der Waals surface area contributed by atoms with Crippen molar-refractivity contribution in [1.82, 2.24) is 0 Å². The topological polar surface area (TPSA) is 37.3 Å². The summed E-state index contributed by atoms with van der Waals surface area (Å²) in [6.45, 7) is 6.72. The third kappa shape index (κ3) is 1.64. The standard InChI is InChI=1S/C18H26O2/c1-16(2)13-7-11-18(12-19)9-5-4-6-14(18)17(13,3)10-8-15(16)20/h6,8,10,13,19H,4-5,7,9,11-12H2,1-3H3/t13-,17+,18-/m0/s1. The lowest BCUT2D eigenvalue weighted by Gasteiger charge is -2.58. The fourth-order valence-electron chi connectivity index (χ4n) is 5.19. The average Bonchev–Trinajstić information content (AvgIpc) is 2.43. The molecule has 0 unspecified atom stereocenters. The average molecular weight is 274 g/mol. The Morgan fingerprint density at radius 2 is 2.05 bits per heavy atom. The first kappa shape index (κ1) is 14.1. The van der Waals surface area contributed by atoms with Gasteiger partial charge in [0, 0.05) is 16.2 Å². The highest BCUT2D eigenvalue weighted by Gasteiger charge is 2.57. The van der Waals surface area contributed by atoms with E-state index in [1.807, 2.05) is 0 Å². The Kier molecular flexibility index (Phi) is 3.02. The predicted octanol–water partition coefficient (Wildman–Crippen LogP) is 3.66. The van der Waals surface area contributed by atoms with E-state index in [2.05, 4.69) is 32.9 Å². The number of allylic oxidation sites excluding steroid dienone is 3. The molecule has 1 saturated carbocycles. The van der Waals surface area contributed by atoms with E-state index in [4.69, 9.17) is 0 Å². The lowest BCUT2D eigenvalue weighted by molar-refractivity contribution is -0.130. The summed E-state index contributed by atoms with van der Waals surface area (Å²) in [6, 6.07) is 0. The van der Waals surface area contributed by atoms with Gasteiger partial charge >= 0.3 is 0 Å². The molecule has 3 rings (SSSR count). The molecule has 2 heteroatoms. The Morgan fingerprint density at radius 1 is 1.30 bits per heavy atom. The van der Waals surface area contributed by atoms with Crippen molar-refractivity contribution in [3.8, 4) is 0 Å². The molecular weight excluding hydrogens is 248 g/mol. The van der Waals surface area contributed by atoms with Crippen LogP contribution in [0.2, 0.25) is 0 Å². The second-order valence-corrected chi connectivity index (χ2v) is 7.74. The number of hydrogen-bond donors (Lipinski definition) is 1. The Bertz CT molecular complexity index is 500. The summed E-state index contributed by atoms with van der Waals surface area (Å²) in [4.78, 5) is 12.3. The van der Waals surface area contributed by atoms with Crippen molar-refractivity contribution >= 4 is 5.78 Å². The van der Waals surface area contributed by atoms with Crippen LogP contribution in [0.15, 0.2) is 23.8 Å². The molecule has 1 N–H and O–H groups in total. The molecule has 0 saturated heterocycles. The third-order valence-electron chi connectivity index (χ3n) is 6.38. The largest absolute Gasteiger partial charge is 0.395 e. The Labute approximate surface area is 122 Å². The van der Waals surface area contributed by atoms with Crippen molar-refractivity contribution in [3.05, 3.63) is 23.8 Å². The molecule has 0 aromatic rings. The number of ketones is 1. The van der Waals surface area contributed by atoms with E-state index in [0.717, 1.165) is 25.7 Å². The van der Waals surface area contributed by atoms with Crippen molar-refractivity contribution < 1.29 is 9.90 Å². The van der Waals surface area contributed by atoms with Crippen LogP contribution in [0.5, 0.6) is 0 Å². The van der Waals surface area contributed by atoms with Crippen LogP contribution < -0.4 is 0 Å². The maximum absolute atomic E-state index is 12.3. The van der Waals surface area contributed by atoms with Gasteiger partial charge in [0.05, 0.1) is 6.61 Å². The highest BCUT2D eigenvalue weighted by atomic mass is 16.3. The van der Waals surface area contributed by atoms with Gasteiger partial charge in [-0.25, -0.2) is 0 Å². The highest BCUT2D eigenvalue weighted by molar-refractivity contribution is 5.96. The molecule has 0 heterocycles. The number of carbonyl (C=O) groups excluding carboxylic acids is 1. The van der Waals surface area contributed by atoms with Crippen molar-refractivity contribution in [3.63, 3.8) is 0 Å². The van der Waals surface area contributed by atoms with Crippen LogP contribution in [0.3, 0.4) is 0 Å².